The van der Waals surface area contributed by atoms with Crippen LogP contribution in [0.2, 0.25) is 5.02 Å². The van der Waals surface area contributed by atoms with Gasteiger partial charge in [0.15, 0.2) is 0 Å². The first-order valence-corrected chi connectivity index (χ1v) is 36.3. The molecule has 3 heterocycles. The standard InChI is InChI=1S/C72H106ClF3N12O12/c1-11-25-53-63(93)78-61(46(3)12-2)68(98)82(6)44-59(91)80(4)45-60(92)84(8)55(41-47-26-16-13-17-27-47)66(96)81(5)43-57(89)77-52(34-32-48-31-33-50(51(73)40-48)72(74,75)76)65(95)88-39-24-30-54(88)64(94)79-71(35-20-21-36-71)70(100)86(10)62(49-28-18-14-19-29-49)69(99)85(9)56(42-58(90)83(53)7)67(97)87-37-22-15-23-38-87/h1,31,33,40,46-47,49,52-56,61-62H,12-30,32,34-39,41-45H2,2-10H3,(H,77,89)(H,78,93)(H,79,94)/t46-,52-,53-,54-,55-,56-,61-,62-/m0/s1. The molecule has 3 saturated heterocycles. The van der Waals surface area contributed by atoms with E-state index < -0.39 is 173 Å². The first kappa shape index (κ1) is 79.8. The molecule has 28 heteroatoms. The van der Waals surface area contributed by atoms with E-state index in [1.54, 1.807) is 18.7 Å². The van der Waals surface area contributed by atoms with E-state index >= 15 is 24.0 Å². The van der Waals surface area contributed by atoms with Crippen molar-refractivity contribution in [2.75, 3.05) is 88.6 Å². The molecule has 0 radical (unpaired) electrons. The average molecular weight is 1420 g/mol. The molecule has 6 aliphatic rings. The Hall–Kier alpha value is -7.50. The minimum atomic E-state index is -4.76. The third-order valence-electron chi connectivity index (χ3n) is 22.0. The van der Waals surface area contributed by atoms with Crippen molar-refractivity contribution in [3.05, 3.63) is 34.3 Å². The van der Waals surface area contributed by atoms with Gasteiger partial charge in [-0.15, -0.1) is 12.3 Å². The second kappa shape index (κ2) is 35.9. The number of nitrogens with one attached hydrogen (secondary N) is 3. The largest absolute Gasteiger partial charge is 0.417 e. The number of piperidine rings is 1. The van der Waals surface area contributed by atoms with Crippen LogP contribution in [0.3, 0.4) is 0 Å². The number of benzene rings is 1. The van der Waals surface area contributed by atoms with Gasteiger partial charge in [-0.2, -0.15) is 13.2 Å². The third kappa shape index (κ3) is 19.8. The number of amides is 12. The van der Waals surface area contributed by atoms with E-state index in [0.717, 1.165) is 89.5 Å². The summed E-state index contributed by atoms with van der Waals surface area (Å²) in [5.41, 5.74) is -2.36. The van der Waals surface area contributed by atoms with Gasteiger partial charge in [-0.05, 0) is 112 Å². The molecule has 6 fully saturated rings. The number of likely N-dealkylation sites (N-methyl/N-ethyl adjacent to an activating group) is 7. The average Bonchev–Trinajstić information content (AvgIpc) is 1.37. The van der Waals surface area contributed by atoms with Crippen LogP contribution in [-0.4, -0.2) is 251 Å². The number of terminal acetylenes is 1. The van der Waals surface area contributed by atoms with Crippen molar-refractivity contribution in [1.29, 1.82) is 0 Å². The van der Waals surface area contributed by atoms with Crippen molar-refractivity contribution in [3.8, 4) is 12.3 Å². The van der Waals surface area contributed by atoms with Gasteiger partial charge in [0.1, 0.15) is 47.8 Å². The van der Waals surface area contributed by atoms with Gasteiger partial charge in [0, 0.05) is 75.4 Å². The zero-order valence-corrected chi connectivity index (χ0v) is 60.7. The highest BCUT2D eigenvalue weighted by Crippen LogP contribution is 2.38. The highest BCUT2D eigenvalue weighted by molar-refractivity contribution is 6.31. The van der Waals surface area contributed by atoms with Crippen LogP contribution in [0.1, 0.15) is 179 Å². The summed E-state index contributed by atoms with van der Waals surface area (Å²) in [7, 11) is 9.80. The first-order valence-electron chi connectivity index (χ1n) is 35.9. The van der Waals surface area contributed by atoms with Gasteiger partial charge in [-0.25, -0.2) is 0 Å². The van der Waals surface area contributed by atoms with Crippen LogP contribution in [0.4, 0.5) is 13.2 Å². The molecule has 3 N–H and O–H groups in total. The molecule has 554 valence electrons. The Morgan fingerprint density at radius 3 is 1.86 bits per heavy atom. The predicted molar refractivity (Wildman–Crippen MR) is 368 cm³/mol. The Bertz CT molecular complexity index is 3180. The molecule has 3 aliphatic heterocycles. The Balaban J connectivity index is 1.28. The molecule has 7 rings (SSSR count). The van der Waals surface area contributed by atoms with Gasteiger partial charge < -0.3 is 60.0 Å². The van der Waals surface area contributed by atoms with Gasteiger partial charge >= 0.3 is 6.18 Å². The quantitative estimate of drug-likeness (QED) is 0.249. The van der Waals surface area contributed by atoms with Gasteiger partial charge in [0.05, 0.1) is 36.6 Å². The Labute approximate surface area is 592 Å². The van der Waals surface area contributed by atoms with Crippen LogP contribution >= 0.6 is 11.6 Å². The molecule has 1 aromatic rings. The number of halogens is 4. The summed E-state index contributed by atoms with van der Waals surface area (Å²) in [6.07, 6.45) is 12.2. The van der Waals surface area contributed by atoms with Crippen LogP contribution in [0, 0.1) is 30.1 Å². The summed E-state index contributed by atoms with van der Waals surface area (Å²) in [6.45, 7) is 2.54. The highest BCUT2D eigenvalue weighted by atomic mass is 35.5. The van der Waals surface area contributed by atoms with Crippen molar-refractivity contribution in [1.82, 2.24) is 60.0 Å². The lowest BCUT2D eigenvalue weighted by Gasteiger charge is -2.43. The summed E-state index contributed by atoms with van der Waals surface area (Å²) in [4.78, 5) is 190. The van der Waals surface area contributed by atoms with Crippen molar-refractivity contribution >= 4 is 82.5 Å². The molecule has 1 aromatic carbocycles. The predicted octanol–water partition coefficient (Wildman–Crippen LogP) is 5.40. The van der Waals surface area contributed by atoms with Gasteiger partial charge in [0.2, 0.25) is 70.9 Å². The molecule has 0 unspecified atom stereocenters. The van der Waals surface area contributed by atoms with Crippen LogP contribution in [0.5, 0.6) is 0 Å². The van der Waals surface area contributed by atoms with Crippen molar-refractivity contribution in [2.24, 2.45) is 17.8 Å². The van der Waals surface area contributed by atoms with Crippen molar-refractivity contribution in [2.45, 2.75) is 228 Å². The zero-order chi connectivity index (χ0) is 73.5. The van der Waals surface area contributed by atoms with E-state index in [2.05, 4.69) is 21.9 Å². The van der Waals surface area contributed by atoms with Crippen LogP contribution in [0.15, 0.2) is 18.2 Å². The number of nitrogens with zero attached hydrogens (tertiary/aromatic N) is 9. The summed E-state index contributed by atoms with van der Waals surface area (Å²) in [5, 5.41) is 8.05. The molecule has 8 atom stereocenters. The monoisotopic (exact) mass is 1420 g/mol. The molecule has 24 nitrogen and oxygen atoms in total. The normalized spacial score (nSPS) is 26.8. The molecular weight excluding hydrogens is 1320 g/mol. The third-order valence-corrected chi connectivity index (χ3v) is 22.3. The maximum atomic E-state index is 15.8. The maximum Gasteiger partial charge on any atom is 0.417 e. The lowest BCUT2D eigenvalue weighted by atomic mass is 9.81. The summed E-state index contributed by atoms with van der Waals surface area (Å²) >= 11 is 6.16. The van der Waals surface area contributed by atoms with E-state index in [4.69, 9.17) is 18.0 Å². The molecule has 0 aromatic heterocycles. The number of hydrogen-bond acceptors (Lipinski definition) is 12. The summed E-state index contributed by atoms with van der Waals surface area (Å²) in [5.74, 6) is -6.55. The number of carbonyl (C=O) groups excluding carboxylic acids is 12. The van der Waals surface area contributed by atoms with Crippen LogP contribution in [-0.2, 0) is 70.1 Å². The lowest BCUT2D eigenvalue weighted by Crippen LogP contribution is -2.65. The lowest BCUT2D eigenvalue weighted by molar-refractivity contribution is -0.157. The molecular formula is C72H106ClF3N12O12. The van der Waals surface area contributed by atoms with Gasteiger partial charge in [-0.1, -0.05) is 102 Å². The Morgan fingerprint density at radius 2 is 1.25 bits per heavy atom. The minimum absolute atomic E-state index is 0.0117. The molecule has 3 aliphatic carbocycles. The van der Waals surface area contributed by atoms with Gasteiger partial charge in [-0.3, -0.25) is 57.5 Å². The van der Waals surface area contributed by atoms with Crippen molar-refractivity contribution < 1.29 is 70.7 Å². The minimum Gasteiger partial charge on any atom is -0.343 e. The molecule has 0 bridgehead atoms. The first-order chi connectivity index (χ1) is 47.3. The molecule has 1 spiro atoms. The molecule has 100 heavy (non-hydrogen) atoms. The fourth-order valence-corrected chi connectivity index (χ4v) is 15.8. The Morgan fingerprint density at radius 1 is 0.650 bits per heavy atom. The molecule has 3 saturated carbocycles. The number of likely N-dealkylation sites (tertiary alicyclic amines) is 1. The summed E-state index contributed by atoms with van der Waals surface area (Å²) in [6, 6.07) is -5.89. The highest BCUT2D eigenvalue weighted by Gasteiger charge is 2.51. The van der Waals surface area contributed by atoms with E-state index in [9.17, 15) is 46.7 Å². The van der Waals surface area contributed by atoms with Crippen LogP contribution < -0.4 is 16.0 Å². The second-order valence-electron chi connectivity index (χ2n) is 29.0. The number of rotatable bonds is 10. The summed E-state index contributed by atoms with van der Waals surface area (Å²) < 4.78 is 41.6. The van der Waals surface area contributed by atoms with E-state index in [0.29, 0.717) is 70.0 Å². The maximum absolute atomic E-state index is 15.8. The fraction of sp³-hybridized carbons (Fsp3) is 0.722. The topological polar surface area (TPSA) is 270 Å². The SMILES string of the molecule is C#CC[C@H]1C(=O)N[C@@H]([C@@H](C)CC)C(=O)N(C)CC(=O)N(C)CC(=O)N(C)[C@@H](CC2CCCCC2)C(=O)N(C)CC(=O)N[C@@H](CCc2ccc(C(F)(F)F)c(Cl)c2)C(=O)N2CCC[C@H]2C(=O)NC2(CCCC2)C(=O)N(C)[C@@H](C2CCCCC2)C(=O)N(C)[C@H](C(=O)N2CCCCC2)CC(=O)N1C. The number of carbonyl (C=O) groups is 12. The number of hydrogen-bond donors (Lipinski definition) is 3. The zero-order valence-electron chi connectivity index (χ0n) is 59.9. The second-order valence-corrected chi connectivity index (χ2v) is 29.4. The van der Waals surface area contributed by atoms with E-state index in [-0.39, 0.29) is 57.4 Å². The smallest absolute Gasteiger partial charge is 0.343 e. The van der Waals surface area contributed by atoms with Gasteiger partial charge in [0.25, 0.3) is 0 Å². The molecule has 12 amide bonds. The van der Waals surface area contributed by atoms with Crippen LogP contribution in [0.25, 0.3) is 0 Å². The number of fused-ring (bicyclic) bond motifs is 1. The Kier molecular flexibility index (Phi) is 28.6. The van der Waals surface area contributed by atoms with E-state index in [1.165, 1.54) is 75.0 Å². The fourth-order valence-electron chi connectivity index (χ4n) is 15.5. The number of alkyl halides is 3. The number of aryl methyl sites for hydroxylation is 1. The van der Waals surface area contributed by atoms with E-state index in [1.807, 2.05) is 0 Å². The van der Waals surface area contributed by atoms with Crippen molar-refractivity contribution in [3.63, 3.8) is 0 Å².